The van der Waals surface area contributed by atoms with E-state index < -0.39 is 37.6 Å². The van der Waals surface area contributed by atoms with E-state index >= 15 is 0 Å². The minimum atomic E-state index is -1.21. The van der Waals surface area contributed by atoms with Gasteiger partial charge in [0.2, 0.25) is 5.91 Å². The molecular weight excluding hydrogens is 434 g/mol. The van der Waals surface area contributed by atoms with E-state index in [1.165, 1.54) is 0 Å². The molecule has 0 fully saturated rings. The predicted molar refractivity (Wildman–Crippen MR) is 114 cm³/mol. The normalized spacial score (nSPS) is 10.2. The first kappa shape index (κ1) is 25.4. The van der Waals surface area contributed by atoms with Crippen molar-refractivity contribution in [3.05, 3.63) is 60.0 Å². The van der Waals surface area contributed by atoms with Crippen LogP contribution in [0.2, 0.25) is 0 Å². The maximum Gasteiger partial charge on any atom is 0.324 e. The van der Waals surface area contributed by atoms with E-state index in [4.69, 9.17) is 5.11 Å². The Hall–Kier alpha value is -3.65. The number of anilines is 1. The van der Waals surface area contributed by atoms with Gasteiger partial charge in [0.1, 0.15) is 0 Å². The Morgan fingerprint density at radius 2 is 1.58 bits per heavy atom. The quantitative estimate of drug-likeness (QED) is 0.463. The van der Waals surface area contributed by atoms with E-state index in [0.717, 1.165) is 18.1 Å². The van der Waals surface area contributed by atoms with Crippen LogP contribution in [0, 0.1) is 30.3 Å². The summed E-state index contributed by atoms with van der Waals surface area (Å²) in [6.45, 7) is 3.56. The smallest absolute Gasteiger partial charge is 0.324 e. The number of hydrogen-bond acceptors (Lipinski definition) is 10. The lowest BCUT2D eigenvalue weighted by Crippen LogP contribution is -2.35. The number of nitro benzene ring substituents is 3. The molecule has 0 saturated heterocycles. The summed E-state index contributed by atoms with van der Waals surface area (Å²) in [6, 6.07) is 4.87. The highest BCUT2D eigenvalue weighted by atomic mass is 32.1. The summed E-state index contributed by atoms with van der Waals surface area (Å²) in [4.78, 5) is 43.5. The fourth-order valence-corrected chi connectivity index (χ4v) is 3.02. The number of nitro groups is 3. The summed E-state index contributed by atoms with van der Waals surface area (Å²) in [7, 11) is 4.03. The summed E-state index contributed by atoms with van der Waals surface area (Å²) < 4.78 is 0. The predicted octanol–water partition coefficient (Wildman–Crippen LogP) is 3.17. The number of rotatable bonds is 8. The fourth-order valence-electron chi connectivity index (χ4n) is 2.25. The number of aromatic hydroxyl groups is 1. The Labute approximate surface area is 180 Å². The molecule has 13 nitrogen and oxygen atoms in total. The zero-order valence-electron chi connectivity index (χ0n) is 17.0. The van der Waals surface area contributed by atoms with Crippen LogP contribution in [0.3, 0.4) is 0 Å². The average Bonchev–Trinajstić information content (AvgIpc) is 3.22. The highest BCUT2D eigenvalue weighted by Gasteiger charge is 2.30. The van der Waals surface area contributed by atoms with Gasteiger partial charge in [-0.3, -0.25) is 35.1 Å². The van der Waals surface area contributed by atoms with Gasteiger partial charge in [-0.15, -0.1) is 11.3 Å². The van der Waals surface area contributed by atoms with E-state index in [1.807, 2.05) is 43.4 Å². The summed E-state index contributed by atoms with van der Waals surface area (Å²) in [5.41, 5.74) is -3.00. The monoisotopic (exact) mass is 455 g/mol. The molecule has 1 aromatic carbocycles. The molecule has 1 amide bonds. The lowest BCUT2D eigenvalue weighted by atomic mass is 10.2. The molecule has 0 spiro atoms. The first-order chi connectivity index (χ1) is 14.5. The van der Waals surface area contributed by atoms with Crippen molar-refractivity contribution in [2.45, 2.75) is 13.3 Å². The molecule has 0 atom stereocenters. The number of carbonyl (C=O) groups is 1. The lowest BCUT2D eigenvalue weighted by Gasteiger charge is -2.22. The molecule has 0 aliphatic carbocycles. The molecule has 168 valence electrons. The molecule has 0 bridgehead atoms. The highest BCUT2D eigenvalue weighted by Crippen LogP contribution is 2.38. The van der Waals surface area contributed by atoms with Gasteiger partial charge in [-0.2, -0.15) is 0 Å². The summed E-state index contributed by atoms with van der Waals surface area (Å²) in [5, 5.41) is 43.3. The lowest BCUT2D eigenvalue weighted by molar-refractivity contribution is -0.404. The maximum atomic E-state index is 11.7. The van der Waals surface area contributed by atoms with E-state index in [0.29, 0.717) is 18.6 Å². The number of thiophene rings is 1. The van der Waals surface area contributed by atoms with E-state index in [2.05, 4.69) is 4.90 Å². The zero-order valence-corrected chi connectivity index (χ0v) is 17.8. The molecule has 14 heteroatoms. The van der Waals surface area contributed by atoms with Crippen molar-refractivity contribution in [3.63, 3.8) is 0 Å². The van der Waals surface area contributed by atoms with Gasteiger partial charge < -0.3 is 14.9 Å². The Morgan fingerprint density at radius 1 is 1.03 bits per heavy atom. The second-order valence-corrected chi connectivity index (χ2v) is 7.18. The van der Waals surface area contributed by atoms with Gasteiger partial charge in [0.15, 0.2) is 0 Å². The number of nitrogens with zero attached hydrogens (tertiary/aromatic N) is 5. The molecule has 0 aliphatic heterocycles. The molecule has 1 aromatic heterocycles. The topological polar surface area (TPSA) is 173 Å². The van der Waals surface area contributed by atoms with Crippen LogP contribution < -0.4 is 4.90 Å². The van der Waals surface area contributed by atoms with Crippen molar-refractivity contribution in [1.82, 2.24) is 4.90 Å². The van der Waals surface area contributed by atoms with Crippen LogP contribution in [0.1, 0.15) is 13.3 Å². The van der Waals surface area contributed by atoms with Crippen molar-refractivity contribution in [1.29, 1.82) is 0 Å². The van der Waals surface area contributed by atoms with Crippen molar-refractivity contribution < 1.29 is 24.7 Å². The molecule has 0 radical (unpaired) electrons. The fraction of sp³-hybridized carbons (Fsp3) is 0.353. The minimum Gasteiger partial charge on any atom is -0.497 e. The molecular formula is C17H21N5O8S. The Morgan fingerprint density at radius 3 is 1.94 bits per heavy atom. The van der Waals surface area contributed by atoms with Crippen LogP contribution in [0.15, 0.2) is 29.6 Å². The van der Waals surface area contributed by atoms with Crippen LogP contribution in [0.5, 0.6) is 5.75 Å². The second-order valence-electron chi connectivity index (χ2n) is 6.26. The SMILES string of the molecule is CCC(=O)N(CCN(C)C)c1cccs1.O=[N+]([O-])c1cc([N+](=O)[O-])c(O)c([N+](=O)[O-])c1. The van der Waals surface area contributed by atoms with Gasteiger partial charge in [-0.25, -0.2) is 0 Å². The largest absolute Gasteiger partial charge is 0.497 e. The standard InChI is InChI=1S/C11H18N2OS.C6H3N3O7/c1-4-10(14)13(8-7-12(2)3)11-6-5-9-15-11;10-6-4(8(13)14)1-3(7(11)12)2-5(6)9(15)16/h5-6,9H,4,7-8H2,1-3H3;1-2,10H. The molecule has 1 N–H and O–H groups in total. The van der Waals surface area contributed by atoms with Crippen molar-refractivity contribution in [2.75, 3.05) is 32.1 Å². The number of carbonyl (C=O) groups excluding carboxylic acids is 1. The Bertz CT molecular complexity index is 913. The number of likely N-dealkylation sites (N-methyl/N-ethyl adjacent to an activating group) is 1. The number of amides is 1. The van der Waals surface area contributed by atoms with E-state index in [1.54, 1.807) is 11.3 Å². The maximum absolute atomic E-state index is 11.7. The average molecular weight is 455 g/mol. The minimum absolute atomic E-state index is 0.194. The zero-order chi connectivity index (χ0) is 23.7. The van der Waals surface area contributed by atoms with Crippen molar-refractivity contribution in [2.24, 2.45) is 0 Å². The first-order valence-electron chi connectivity index (χ1n) is 8.78. The highest BCUT2D eigenvalue weighted by molar-refractivity contribution is 7.14. The molecule has 0 unspecified atom stereocenters. The molecule has 31 heavy (non-hydrogen) atoms. The van der Waals surface area contributed by atoms with Crippen LogP contribution >= 0.6 is 11.3 Å². The number of hydrogen-bond donors (Lipinski definition) is 1. The number of non-ortho nitro benzene ring substituents is 1. The molecule has 2 rings (SSSR count). The molecule has 1 heterocycles. The van der Waals surface area contributed by atoms with E-state index in [9.17, 15) is 35.1 Å². The van der Waals surface area contributed by atoms with Crippen molar-refractivity contribution in [3.8, 4) is 5.75 Å². The molecule has 0 aliphatic rings. The van der Waals surface area contributed by atoms with Gasteiger partial charge in [-0.1, -0.05) is 6.92 Å². The molecule has 0 saturated carbocycles. The Kier molecular flexibility index (Phi) is 9.43. The van der Waals surface area contributed by atoms with Gasteiger partial charge in [0, 0.05) is 19.5 Å². The third kappa shape index (κ3) is 7.27. The second kappa shape index (κ2) is 11.5. The van der Waals surface area contributed by atoms with Crippen LogP contribution in [-0.2, 0) is 4.79 Å². The molecule has 2 aromatic rings. The number of phenols is 1. The van der Waals surface area contributed by atoms with Crippen LogP contribution in [0.4, 0.5) is 22.1 Å². The van der Waals surface area contributed by atoms with Gasteiger partial charge >= 0.3 is 11.4 Å². The van der Waals surface area contributed by atoms with Gasteiger partial charge in [0.05, 0.1) is 31.9 Å². The van der Waals surface area contributed by atoms with Crippen LogP contribution in [0.25, 0.3) is 0 Å². The third-order valence-electron chi connectivity index (χ3n) is 3.81. The van der Waals surface area contributed by atoms with E-state index in [-0.39, 0.29) is 5.91 Å². The number of benzene rings is 1. The third-order valence-corrected chi connectivity index (χ3v) is 4.70. The summed E-state index contributed by atoms with van der Waals surface area (Å²) in [5.74, 6) is -1.01. The first-order valence-corrected chi connectivity index (χ1v) is 9.66. The summed E-state index contributed by atoms with van der Waals surface area (Å²) in [6.07, 6.45) is 0.561. The van der Waals surface area contributed by atoms with Gasteiger partial charge in [-0.05, 0) is 31.6 Å². The van der Waals surface area contributed by atoms with Gasteiger partial charge in [0.25, 0.3) is 11.4 Å². The van der Waals surface area contributed by atoms with Crippen molar-refractivity contribution >= 4 is 39.3 Å². The summed E-state index contributed by atoms with van der Waals surface area (Å²) >= 11 is 1.61. The number of phenolic OH excluding ortho intramolecular Hbond substituents is 1. The van der Waals surface area contributed by atoms with Crippen LogP contribution in [-0.4, -0.2) is 57.9 Å². The Balaban J connectivity index is 0.000000311.